The van der Waals surface area contributed by atoms with Crippen LogP contribution in [0.25, 0.3) is 0 Å². The van der Waals surface area contributed by atoms with Crippen molar-refractivity contribution in [2.75, 3.05) is 18.9 Å². The average Bonchev–Trinajstić information content (AvgIpc) is 2.40. The maximum absolute atomic E-state index is 13.5. The van der Waals surface area contributed by atoms with Crippen molar-refractivity contribution < 1.29 is 13.9 Å². The van der Waals surface area contributed by atoms with Crippen LogP contribution in [0.4, 0.5) is 10.1 Å². The summed E-state index contributed by atoms with van der Waals surface area (Å²) >= 11 is 0. The van der Waals surface area contributed by atoms with Crippen LogP contribution >= 0.6 is 0 Å². The van der Waals surface area contributed by atoms with Crippen molar-refractivity contribution >= 4 is 11.7 Å². The van der Waals surface area contributed by atoms with Crippen molar-refractivity contribution in [3.05, 3.63) is 29.6 Å². The Morgan fingerprint density at radius 3 is 2.55 bits per heavy atom. The first-order chi connectivity index (χ1) is 9.37. The predicted octanol–water partition coefficient (Wildman–Crippen LogP) is 2.11. The van der Waals surface area contributed by atoms with Crippen LogP contribution in [0, 0.1) is 17.2 Å². The molecule has 0 aliphatic rings. The highest BCUT2D eigenvalue weighted by atomic mass is 19.1. The van der Waals surface area contributed by atoms with Crippen molar-refractivity contribution in [3.8, 4) is 0 Å². The number of anilines is 1. The molecular weight excluding hydrogens is 259 g/mol. The molecule has 0 bridgehead atoms. The Balaban J connectivity index is 3.11. The first-order valence-electron chi connectivity index (χ1n) is 6.78. The maximum Gasteiger partial charge on any atom is 0.313 e. The minimum atomic E-state index is -0.849. The van der Waals surface area contributed by atoms with E-state index in [1.54, 1.807) is 13.0 Å². The first kappa shape index (κ1) is 16.4. The lowest BCUT2D eigenvalue weighted by atomic mass is 9.72. The molecule has 1 rings (SSSR count). The standard InChI is InChI=1S/C15H23FN2O2/c1-4-20-14(19)15(9-17,10(2)3)8-11-5-6-13(18)12(16)7-11/h5-7,10H,4,8-9,17-18H2,1-3H3. The number of hydrogen-bond donors (Lipinski definition) is 2. The molecule has 0 fully saturated rings. The van der Waals surface area contributed by atoms with Crippen molar-refractivity contribution in [2.24, 2.45) is 17.1 Å². The lowest BCUT2D eigenvalue weighted by Crippen LogP contribution is -2.46. The Bertz CT molecular complexity index is 477. The van der Waals surface area contributed by atoms with Gasteiger partial charge in [-0.2, -0.15) is 0 Å². The highest BCUT2D eigenvalue weighted by molar-refractivity contribution is 5.78. The van der Waals surface area contributed by atoms with Gasteiger partial charge in [0.1, 0.15) is 5.82 Å². The molecule has 0 aromatic heterocycles. The highest BCUT2D eigenvalue weighted by Gasteiger charge is 2.41. The number of hydrogen-bond acceptors (Lipinski definition) is 4. The summed E-state index contributed by atoms with van der Waals surface area (Å²) in [5.41, 5.74) is 11.2. The predicted molar refractivity (Wildman–Crippen MR) is 77.5 cm³/mol. The summed E-state index contributed by atoms with van der Waals surface area (Å²) in [6, 6.07) is 4.56. The largest absolute Gasteiger partial charge is 0.466 e. The van der Waals surface area contributed by atoms with Gasteiger partial charge in [0, 0.05) is 6.54 Å². The lowest BCUT2D eigenvalue weighted by molar-refractivity contribution is -0.157. The second kappa shape index (κ2) is 6.70. The molecule has 4 N–H and O–H groups in total. The maximum atomic E-state index is 13.5. The number of benzene rings is 1. The van der Waals surface area contributed by atoms with Crippen LogP contribution in [-0.4, -0.2) is 19.1 Å². The molecule has 0 radical (unpaired) electrons. The van der Waals surface area contributed by atoms with Crippen LogP contribution in [0.15, 0.2) is 18.2 Å². The second-order valence-electron chi connectivity index (χ2n) is 5.27. The summed E-state index contributed by atoms with van der Waals surface area (Å²) in [7, 11) is 0. The number of ether oxygens (including phenoxy) is 1. The molecule has 4 nitrogen and oxygen atoms in total. The van der Waals surface area contributed by atoms with Gasteiger partial charge < -0.3 is 16.2 Å². The zero-order valence-electron chi connectivity index (χ0n) is 12.3. The van der Waals surface area contributed by atoms with Crippen LogP contribution in [0.5, 0.6) is 0 Å². The smallest absolute Gasteiger partial charge is 0.313 e. The monoisotopic (exact) mass is 282 g/mol. The molecule has 1 aromatic rings. The van der Waals surface area contributed by atoms with Gasteiger partial charge in [0.15, 0.2) is 0 Å². The van der Waals surface area contributed by atoms with Crippen LogP contribution in [-0.2, 0) is 16.0 Å². The number of nitrogens with two attached hydrogens (primary N) is 2. The van der Waals surface area contributed by atoms with E-state index in [1.165, 1.54) is 12.1 Å². The quantitative estimate of drug-likeness (QED) is 0.619. The number of halogens is 1. The molecule has 0 amide bonds. The number of carbonyl (C=O) groups is 1. The average molecular weight is 282 g/mol. The molecule has 0 spiro atoms. The summed E-state index contributed by atoms with van der Waals surface area (Å²) in [6.45, 7) is 6.02. The molecule has 5 heteroatoms. The van der Waals surface area contributed by atoms with Crippen molar-refractivity contribution in [1.82, 2.24) is 0 Å². The van der Waals surface area contributed by atoms with Gasteiger partial charge in [-0.15, -0.1) is 0 Å². The Kier molecular flexibility index (Phi) is 5.51. The zero-order chi connectivity index (χ0) is 15.3. The summed E-state index contributed by atoms with van der Waals surface area (Å²) in [5, 5.41) is 0. The van der Waals surface area contributed by atoms with E-state index < -0.39 is 11.2 Å². The third-order valence-electron chi connectivity index (χ3n) is 3.74. The van der Waals surface area contributed by atoms with Gasteiger partial charge in [0.05, 0.1) is 17.7 Å². The topological polar surface area (TPSA) is 78.3 Å². The van der Waals surface area contributed by atoms with Gasteiger partial charge in [-0.3, -0.25) is 4.79 Å². The molecule has 0 aliphatic heterocycles. The number of rotatable bonds is 6. The summed E-state index contributed by atoms with van der Waals surface area (Å²) in [4.78, 5) is 12.3. The molecule has 1 unspecified atom stereocenters. The molecule has 1 atom stereocenters. The van der Waals surface area contributed by atoms with Gasteiger partial charge in [-0.25, -0.2) is 4.39 Å². The molecule has 0 saturated heterocycles. The Hall–Kier alpha value is -1.62. The molecular formula is C15H23FN2O2. The third-order valence-corrected chi connectivity index (χ3v) is 3.74. The molecule has 20 heavy (non-hydrogen) atoms. The van der Waals surface area contributed by atoms with Crippen molar-refractivity contribution in [3.63, 3.8) is 0 Å². The Morgan fingerprint density at radius 1 is 1.45 bits per heavy atom. The Morgan fingerprint density at radius 2 is 2.10 bits per heavy atom. The molecule has 112 valence electrons. The van der Waals surface area contributed by atoms with E-state index in [0.29, 0.717) is 18.6 Å². The van der Waals surface area contributed by atoms with Gasteiger partial charge in [0.2, 0.25) is 0 Å². The summed E-state index contributed by atoms with van der Waals surface area (Å²) in [5.74, 6) is -0.845. The molecule has 0 aliphatic carbocycles. The van der Waals surface area contributed by atoms with Crippen LogP contribution < -0.4 is 11.5 Å². The number of nitrogen functional groups attached to an aromatic ring is 1. The SMILES string of the molecule is CCOC(=O)C(CN)(Cc1ccc(N)c(F)c1)C(C)C. The molecule has 0 heterocycles. The minimum absolute atomic E-state index is 0.0211. The van der Waals surface area contributed by atoms with Crippen molar-refractivity contribution in [1.29, 1.82) is 0 Å². The van der Waals surface area contributed by atoms with E-state index in [9.17, 15) is 9.18 Å². The molecule has 0 saturated carbocycles. The van der Waals surface area contributed by atoms with E-state index in [2.05, 4.69) is 0 Å². The lowest BCUT2D eigenvalue weighted by Gasteiger charge is -2.34. The minimum Gasteiger partial charge on any atom is -0.466 e. The van der Waals surface area contributed by atoms with Crippen LogP contribution in [0.3, 0.4) is 0 Å². The fraction of sp³-hybridized carbons (Fsp3) is 0.533. The van der Waals surface area contributed by atoms with E-state index in [-0.39, 0.29) is 24.1 Å². The van der Waals surface area contributed by atoms with Gasteiger partial charge >= 0.3 is 5.97 Å². The van der Waals surface area contributed by atoms with Gasteiger partial charge in [-0.1, -0.05) is 19.9 Å². The first-order valence-corrected chi connectivity index (χ1v) is 6.78. The van der Waals surface area contributed by atoms with Gasteiger partial charge in [-0.05, 0) is 37.0 Å². The summed E-state index contributed by atoms with van der Waals surface area (Å²) < 4.78 is 18.7. The van der Waals surface area contributed by atoms with E-state index in [4.69, 9.17) is 16.2 Å². The zero-order valence-corrected chi connectivity index (χ0v) is 12.3. The van der Waals surface area contributed by atoms with Gasteiger partial charge in [0.25, 0.3) is 0 Å². The highest BCUT2D eigenvalue weighted by Crippen LogP contribution is 2.33. The third kappa shape index (κ3) is 3.28. The fourth-order valence-corrected chi connectivity index (χ4v) is 2.22. The summed E-state index contributed by atoms with van der Waals surface area (Å²) in [6.07, 6.45) is 0.331. The van der Waals surface area contributed by atoms with Crippen LogP contribution in [0.1, 0.15) is 26.3 Å². The van der Waals surface area contributed by atoms with E-state index in [1.807, 2.05) is 13.8 Å². The van der Waals surface area contributed by atoms with Crippen LogP contribution in [0.2, 0.25) is 0 Å². The number of esters is 1. The molecule has 1 aromatic carbocycles. The Labute approximate surface area is 119 Å². The second-order valence-corrected chi connectivity index (χ2v) is 5.27. The van der Waals surface area contributed by atoms with Crippen molar-refractivity contribution in [2.45, 2.75) is 27.2 Å². The van der Waals surface area contributed by atoms with E-state index in [0.717, 1.165) is 0 Å². The normalized spacial score (nSPS) is 14.1. The van der Waals surface area contributed by atoms with E-state index >= 15 is 0 Å². The number of carbonyl (C=O) groups excluding carboxylic acids is 1. The fourth-order valence-electron chi connectivity index (χ4n) is 2.22.